The monoisotopic (exact) mass is 260 g/mol. The summed E-state index contributed by atoms with van der Waals surface area (Å²) in [4.78, 5) is 12.6. The van der Waals surface area contributed by atoms with Crippen LogP contribution in [0.25, 0.3) is 11.4 Å². The number of nitrogens with one attached hydrogen (secondary N) is 1. The summed E-state index contributed by atoms with van der Waals surface area (Å²) in [5.74, 6) is 1.78. The van der Waals surface area contributed by atoms with Gasteiger partial charge in [-0.15, -0.1) is 0 Å². The van der Waals surface area contributed by atoms with Crippen LogP contribution in [0, 0.1) is 0 Å². The van der Waals surface area contributed by atoms with Crippen molar-refractivity contribution < 1.29 is 9.47 Å². The molecule has 2 rings (SSSR count). The summed E-state index contributed by atoms with van der Waals surface area (Å²) in [6.45, 7) is 2.56. The Bertz CT molecular complexity index is 538. The third kappa shape index (κ3) is 3.09. The second kappa shape index (κ2) is 5.99. The topological polar surface area (TPSA) is 69.2 Å². The van der Waals surface area contributed by atoms with Crippen molar-refractivity contribution >= 4 is 5.95 Å². The van der Waals surface area contributed by atoms with E-state index in [-0.39, 0.29) is 6.01 Å². The predicted octanol–water partition coefficient (Wildman–Crippen LogP) is 1.99. The molecule has 19 heavy (non-hydrogen) atoms. The number of nitrogens with zero attached hydrogens (tertiary/aromatic N) is 3. The fourth-order valence-electron chi connectivity index (χ4n) is 1.58. The molecule has 0 fully saturated rings. The first-order valence-electron chi connectivity index (χ1n) is 5.98. The van der Waals surface area contributed by atoms with E-state index in [1.807, 2.05) is 31.2 Å². The summed E-state index contributed by atoms with van der Waals surface area (Å²) in [5, 5.41) is 2.88. The van der Waals surface area contributed by atoms with Crippen LogP contribution >= 0.6 is 0 Å². The molecule has 1 aromatic carbocycles. The zero-order valence-corrected chi connectivity index (χ0v) is 11.2. The molecular formula is C13H16N4O2. The summed E-state index contributed by atoms with van der Waals surface area (Å²) < 4.78 is 10.5. The molecule has 0 saturated carbocycles. The SMILES string of the molecule is CCOc1cccc(-c2nc(NC)nc(OC)n2)c1. The largest absolute Gasteiger partial charge is 0.494 e. The molecule has 0 bridgehead atoms. The van der Waals surface area contributed by atoms with Crippen LogP contribution in [0.2, 0.25) is 0 Å². The number of benzene rings is 1. The Hall–Kier alpha value is -2.37. The Balaban J connectivity index is 2.42. The second-order valence-electron chi connectivity index (χ2n) is 3.68. The molecular weight excluding hydrogens is 244 g/mol. The van der Waals surface area contributed by atoms with E-state index in [2.05, 4.69) is 20.3 Å². The van der Waals surface area contributed by atoms with E-state index in [1.54, 1.807) is 7.05 Å². The van der Waals surface area contributed by atoms with Crippen LogP contribution in [0.3, 0.4) is 0 Å². The fraction of sp³-hybridized carbons (Fsp3) is 0.308. The molecule has 0 aliphatic heterocycles. The molecule has 1 aromatic heterocycles. The van der Waals surface area contributed by atoms with E-state index in [0.29, 0.717) is 18.4 Å². The van der Waals surface area contributed by atoms with Crippen molar-refractivity contribution in [1.29, 1.82) is 0 Å². The van der Waals surface area contributed by atoms with Gasteiger partial charge >= 0.3 is 6.01 Å². The maximum absolute atomic E-state index is 5.46. The van der Waals surface area contributed by atoms with Gasteiger partial charge in [0.15, 0.2) is 5.82 Å². The van der Waals surface area contributed by atoms with Crippen LogP contribution in [-0.4, -0.2) is 35.7 Å². The van der Waals surface area contributed by atoms with Gasteiger partial charge in [0.25, 0.3) is 0 Å². The zero-order chi connectivity index (χ0) is 13.7. The van der Waals surface area contributed by atoms with E-state index in [1.165, 1.54) is 7.11 Å². The maximum Gasteiger partial charge on any atom is 0.321 e. The van der Waals surface area contributed by atoms with Gasteiger partial charge in [-0.05, 0) is 19.1 Å². The second-order valence-corrected chi connectivity index (χ2v) is 3.68. The summed E-state index contributed by atoms with van der Waals surface area (Å²) in [6.07, 6.45) is 0. The average molecular weight is 260 g/mol. The Labute approximate surface area is 111 Å². The zero-order valence-electron chi connectivity index (χ0n) is 11.2. The number of methoxy groups -OCH3 is 1. The first-order valence-corrected chi connectivity index (χ1v) is 5.98. The van der Waals surface area contributed by atoms with Gasteiger partial charge in [0.1, 0.15) is 5.75 Å². The van der Waals surface area contributed by atoms with E-state index >= 15 is 0 Å². The molecule has 0 aliphatic carbocycles. The number of rotatable bonds is 5. The van der Waals surface area contributed by atoms with Crippen LogP contribution in [0.15, 0.2) is 24.3 Å². The van der Waals surface area contributed by atoms with Gasteiger partial charge in [-0.2, -0.15) is 15.0 Å². The van der Waals surface area contributed by atoms with Crippen LogP contribution < -0.4 is 14.8 Å². The molecule has 0 radical (unpaired) electrons. The molecule has 1 heterocycles. The third-order valence-electron chi connectivity index (χ3n) is 2.42. The summed E-state index contributed by atoms with van der Waals surface area (Å²) in [6, 6.07) is 7.87. The molecule has 0 unspecified atom stereocenters. The molecule has 1 N–H and O–H groups in total. The minimum atomic E-state index is 0.274. The number of anilines is 1. The molecule has 0 saturated heterocycles. The van der Waals surface area contributed by atoms with Crippen molar-refractivity contribution in [3.05, 3.63) is 24.3 Å². The van der Waals surface area contributed by atoms with Crippen molar-refractivity contribution in [2.45, 2.75) is 6.92 Å². The maximum atomic E-state index is 5.46. The normalized spacial score (nSPS) is 10.1. The highest BCUT2D eigenvalue weighted by Gasteiger charge is 2.08. The number of ether oxygens (including phenoxy) is 2. The van der Waals surface area contributed by atoms with Gasteiger partial charge in [0.2, 0.25) is 5.95 Å². The highest BCUT2D eigenvalue weighted by atomic mass is 16.5. The highest BCUT2D eigenvalue weighted by molar-refractivity contribution is 5.58. The first-order chi connectivity index (χ1) is 9.26. The quantitative estimate of drug-likeness (QED) is 0.886. The lowest BCUT2D eigenvalue weighted by Gasteiger charge is -2.07. The van der Waals surface area contributed by atoms with Crippen molar-refractivity contribution in [2.24, 2.45) is 0 Å². The third-order valence-corrected chi connectivity index (χ3v) is 2.42. The number of aromatic nitrogens is 3. The smallest absolute Gasteiger partial charge is 0.321 e. The van der Waals surface area contributed by atoms with Gasteiger partial charge in [0, 0.05) is 12.6 Å². The van der Waals surface area contributed by atoms with Gasteiger partial charge < -0.3 is 14.8 Å². The van der Waals surface area contributed by atoms with E-state index in [0.717, 1.165) is 11.3 Å². The molecule has 0 atom stereocenters. The van der Waals surface area contributed by atoms with Crippen molar-refractivity contribution in [3.63, 3.8) is 0 Å². The van der Waals surface area contributed by atoms with E-state index in [9.17, 15) is 0 Å². The van der Waals surface area contributed by atoms with Crippen molar-refractivity contribution in [2.75, 3.05) is 26.1 Å². The Morgan fingerprint density at radius 1 is 1.21 bits per heavy atom. The highest BCUT2D eigenvalue weighted by Crippen LogP contribution is 2.23. The minimum Gasteiger partial charge on any atom is -0.494 e. The molecule has 0 amide bonds. The first kappa shape index (κ1) is 13.1. The fourth-order valence-corrected chi connectivity index (χ4v) is 1.58. The van der Waals surface area contributed by atoms with Crippen LogP contribution in [0.5, 0.6) is 11.8 Å². The lowest BCUT2D eigenvalue weighted by Crippen LogP contribution is -2.03. The lowest BCUT2D eigenvalue weighted by molar-refractivity contribution is 0.340. The summed E-state index contributed by atoms with van der Waals surface area (Å²) in [5.41, 5.74) is 0.850. The number of hydrogen-bond donors (Lipinski definition) is 1. The van der Waals surface area contributed by atoms with Crippen LogP contribution in [0.1, 0.15) is 6.92 Å². The molecule has 6 nitrogen and oxygen atoms in total. The van der Waals surface area contributed by atoms with Crippen LogP contribution in [-0.2, 0) is 0 Å². The summed E-state index contributed by atoms with van der Waals surface area (Å²) >= 11 is 0. The predicted molar refractivity (Wildman–Crippen MR) is 72.5 cm³/mol. The molecule has 2 aromatic rings. The van der Waals surface area contributed by atoms with Gasteiger partial charge in [-0.1, -0.05) is 12.1 Å². The molecule has 100 valence electrons. The van der Waals surface area contributed by atoms with Crippen molar-refractivity contribution in [3.8, 4) is 23.1 Å². The molecule has 0 spiro atoms. The van der Waals surface area contributed by atoms with Crippen molar-refractivity contribution in [1.82, 2.24) is 15.0 Å². The van der Waals surface area contributed by atoms with Gasteiger partial charge in [-0.3, -0.25) is 0 Å². The Kier molecular flexibility index (Phi) is 4.12. The number of hydrogen-bond acceptors (Lipinski definition) is 6. The van der Waals surface area contributed by atoms with Gasteiger partial charge in [-0.25, -0.2) is 0 Å². The van der Waals surface area contributed by atoms with Crippen LogP contribution in [0.4, 0.5) is 5.95 Å². The Morgan fingerprint density at radius 2 is 2.05 bits per heavy atom. The Morgan fingerprint density at radius 3 is 2.74 bits per heavy atom. The van der Waals surface area contributed by atoms with Gasteiger partial charge in [0.05, 0.1) is 13.7 Å². The molecule has 0 aliphatic rings. The minimum absolute atomic E-state index is 0.274. The molecule has 6 heteroatoms. The summed E-state index contributed by atoms with van der Waals surface area (Å²) in [7, 11) is 3.27. The van der Waals surface area contributed by atoms with E-state index < -0.39 is 0 Å². The standard InChI is InChI=1S/C13H16N4O2/c1-4-19-10-7-5-6-9(8-10)11-15-12(14-2)17-13(16-11)18-3/h5-8H,4H2,1-3H3,(H,14,15,16,17). The average Bonchev–Trinajstić information content (AvgIpc) is 2.47. The lowest BCUT2D eigenvalue weighted by atomic mass is 10.2. The van der Waals surface area contributed by atoms with E-state index in [4.69, 9.17) is 9.47 Å².